The van der Waals surface area contributed by atoms with E-state index >= 15 is 0 Å². The van der Waals surface area contributed by atoms with Gasteiger partial charge in [-0.05, 0) is 35.0 Å². The molecule has 0 N–H and O–H groups in total. The van der Waals surface area contributed by atoms with Gasteiger partial charge >= 0.3 is 0 Å². The van der Waals surface area contributed by atoms with Gasteiger partial charge in [-0.1, -0.05) is 35.9 Å². The number of fused-ring (bicyclic) bond motifs is 3. The lowest BCUT2D eigenvalue weighted by Gasteiger charge is -2.21. The Balaban J connectivity index is 1.90. The van der Waals surface area contributed by atoms with Crippen LogP contribution in [0.5, 0.6) is 23.0 Å². The van der Waals surface area contributed by atoms with Crippen molar-refractivity contribution in [3.05, 3.63) is 59.6 Å². The smallest absolute Gasteiger partial charge is 0.171 e. The molecule has 3 aromatic carbocycles. The van der Waals surface area contributed by atoms with Crippen LogP contribution in [-0.2, 0) is 0 Å². The Hall–Kier alpha value is -2.19. The van der Waals surface area contributed by atoms with Crippen LogP contribution in [0, 0.1) is 0 Å². The van der Waals surface area contributed by atoms with E-state index in [1.807, 2.05) is 36.4 Å². The van der Waals surface area contributed by atoms with Crippen LogP contribution < -0.4 is 9.47 Å². The molecular formula is C16H9ClO2. The summed E-state index contributed by atoms with van der Waals surface area (Å²) in [6.07, 6.45) is 0. The molecule has 0 aliphatic carbocycles. The molecule has 0 amide bonds. The van der Waals surface area contributed by atoms with Gasteiger partial charge in [-0.2, -0.15) is 0 Å². The third-order valence-corrected chi connectivity index (χ3v) is 3.39. The fourth-order valence-corrected chi connectivity index (χ4v) is 2.40. The van der Waals surface area contributed by atoms with E-state index in [4.69, 9.17) is 21.1 Å². The molecule has 0 unspecified atom stereocenters. The minimum Gasteiger partial charge on any atom is -0.449 e. The van der Waals surface area contributed by atoms with Crippen molar-refractivity contribution in [1.29, 1.82) is 0 Å². The molecule has 19 heavy (non-hydrogen) atoms. The van der Waals surface area contributed by atoms with Gasteiger partial charge in [0.25, 0.3) is 0 Å². The van der Waals surface area contributed by atoms with Crippen molar-refractivity contribution in [1.82, 2.24) is 0 Å². The molecule has 0 fully saturated rings. The number of rotatable bonds is 0. The Morgan fingerprint density at radius 3 is 1.89 bits per heavy atom. The Morgan fingerprint density at radius 2 is 1.21 bits per heavy atom. The molecule has 0 saturated carbocycles. The summed E-state index contributed by atoms with van der Waals surface area (Å²) < 4.78 is 11.7. The molecule has 0 spiro atoms. The van der Waals surface area contributed by atoms with E-state index in [2.05, 4.69) is 6.07 Å². The van der Waals surface area contributed by atoms with Gasteiger partial charge < -0.3 is 9.47 Å². The van der Waals surface area contributed by atoms with Crippen LogP contribution in [-0.4, -0.2) is 0 Å². The molecule has 2 nitrogen and oxygen atoms in total. The lowest BCUT2D eigenvalue weighted by Crippen LogP contribution is -1.98. The van der Waals surface area contributed by atoms with E-state index in [0.717, 1.165) is 16.5 Å². The normalized spacial score (nSPS) is 12.3. The zero-order valence-electron chi connectivity index (χ0n) is 9.89. The van der Waals surface area contributed by atoms with Gasteiger partial charge in [0.2, 0.25) is 0 Å². The van der Waals surface area contributed by atoms with Gasteiger partial charge in [-0.3, -0.25) is 0 Å². The first-order valence-corrected chi connectivity index (χ1v) is 6.35. The average Bonchev–Trinajstić information content (AvgIpc) is 2.43. The van der Waals surface area contributed by atoms with Gasteiger partial charge in [-0.25, -0.2) is 0 Å². The van der Waals surface area contributed by atoms with Gasteiger partial charge in [0.05, 0.1) is 0 Å². The maximum Gasteiger partial charge on any atom is 0.171 e. The molecule has 0 atom stereocenters. The fraction of sp³-hybridized carbons (Fsp3) is 0. The minimum absolute atomic E-state index is 0.631. The first kappa shape index (κ1) is 10.7. The fourth-order valence-electron chi connectivity index (χ4n) is 2.24. The lowest BCUT2D eigenvalue weighted by atomic mass is 10.1. The summed E-state index contributed by atoms with van der Waals surface area (Å²) in [4.78, 5) is 0. The van der Waals surface area contributed by atoms with E-state index in [1.165, 1.54) is 0 Å². The highest BCUT2D eigenvalue weighted by Gasteiger charge is 2.19. The maximum atomic E-state index is 5.96. The summed E-state index contributed by atoms with van der Waals surface area (Å²) in [6, 6.07) is 17.4. The molecular weight excluding hydrogens is 260 g/mol. The maximum absolute atomic E-state index is 5.96. The monoisotopic (exact) mass is 268 g/mol. The molecule has 3 heteroatoms. The van der Waals surface area contributed by atoms with Gasteiger partial charge in [0.15, 0.2) is 23.0 Å². The van der Waals surface area contributed by atoms with E-state index in [-0.39, 0.29) is 0 Å². The van der Waals surface area contributed by atoms with Gasteiger partial charge in [0, 0.05) is 11.1 Å². The van der Waals surface area contributed by atoms with Crippen molar-refractivity contribution in [2.45, 2.75) is 0 Å². The highest BCUT2D eigenvalue weighted by molar-refractivity contribution is 6.30. The summed E-state index contributed by atoms with van der Waals surface area (Å²) in [5.74, 6) is 2.78. The third kappa shape index (κ3) is 1.72. The van der Waals surface area contributed by atoms with Crippen molar-refractivity contribution < 1.29 is 9.47 Å². The first-order valence-electron chi connectivity index (χ1n) is 5.98. The Labute approximate surface area is 115 Å². The second-order valence-electron chi connectivity index (χ2n) is 4.44. The van der Waals surface area contributed by atoms with E-state index in [0.29, 0.717) is 22.3 Å². The van der Waals surface area contributed by atoms with Crippen molar-refractivity contribution in [3.63, 3.8) is 0 Å². The Kier molecular flexibility index (Phi) is 2.20. The summed E-state index contributed by atoms with van der Waals surface area (Å²) in [6.45, 7) is 0. The van der Waals surface area contributed by atoms with Crippen LogP contribution in [0.25, 0.3) is 10.8 Å². The van der Waals surface area contributed by atoms with Gasteiger partial charge in [-0.15, -0.1) is 0 Å². The van der Waals surface area contributed by atoms with Crippen LogP contribution in [0.2, 0.25) is 5.02 Å². The number of hydrogen-bond donors (Lipinski definition) is 0. The molecule has 3 aromatic rings. The van der Waals surface area contributed by atoms with Crippen LogP contribution in [0.15, 0.2) is 54.6 Å². The van der Waals surface area contributed by atoms with E-state index in [9.17, 15) is 0 Å². The topological polar surface area (TPSA) is 18.5 Å². The zero-order chi connectivity index (χ0) is 12.8. The van der Waals surface area contributed by atoms with Crippen molar-refractivity contribution in [3.8, 4) is 23.0 Å². The summed E-state index contributed by atoms with van der Waals surface area (Å²) in [5, 5.41) is 2.88. The van der Waals surface area contributed by atoms with Crippen molar-refractivity contribution in [2.75, 3.05) is 0 Å². The SMILES string of the molecule is Clc1ccc2c(c1)Oc1cc3ccccc3cc1O2. The predicted octanol–water partition coefficient (Wildman–Crippen LogP) is 5.39. The van der Waals surface area contributed by atoms with Crippen molar-refractivity contribution in [2.24, 2.45) is 0 Å². The molecule has 0 radical (unpaired) electrons. The second-order valence-corrected chi connectivity index (χ2v) is 4.88. The summed E-state index contributed by atoms with van der Waals surface area (Å²) >= 11 is 5.96. The number of hydrogen-bond acceptors (Lipinski definition) is 2. The molecule has 0 aromatic heterocycles. The minimum atomic E-state index is 0.631. The molecule has 1 aliphatic heterocycles. The predicted molar refractivity (Wildman–Crippen MR) is 75.5 cm³/mol. The molecule has 1 aliphatic rings. The summed E-state index contributed by atoms with van der Waals surface area (Å²) in [5.41, 5.74) is 0. The highest BCUT2D eigenvalue weighted by Crippen LogP contribution is 2.47. The van der Waals surface area contributed by atoms with Crippen LogP contribution in [0.1, 0.15) is 0 Å². The summed E-state index contributed by atoms with van der Waals surface area (Å²) in [7, 11) is 0. The second kappa shape index (κ2) is 3.90. The molecule has 0 saturated heterocycles. The zero-order valence-corrected chi connectivity index (χ0v) is 10.6. The van der Waals surface area contributed by atoms with Crippen LogP contribution in [0.4, 0.5) is 0 Å². The van der Waals surface area contributed by atoms with E-state index < -0.39 is 0 Å². The van der Waals surface area contributed by atoms with Crippen LogP contribution in [0.3, 0.4) is 0 Å². The Bertz CT molecular complexity index is 796. The van der Waals surface area contributed by atoms with Gasteiger partial charge in [0.1, 0.15) is 0 Å². The molecule has 1 heterocycles. The first-order chi connectivity index (χ1) is 9.29. The third-order valence-electron chi connectivity index (χ3n) is 3.16. The average molecular weight is 269 g/mol. The van der Waals surface area contributed by atoms with Crippen LogP contribution >= 0.6 is 11.6 Å². The van der Waals surface area contributed by atoms with Crippen molar-refractivity contribution >= 4 is 22.4 Å². The number of halogens is 1. The Morgan fingerprint density at radius 1 is 0.632 bits per heavy atom. The highest BCUT2D eigenvalue weighted by atomic mass is 35.5. The number of ether oxygens (including phenoxy) is 2. The lowest BCUT2D eigenvalue weighted by molar-refractivity contribution is 0.360. The molecule has 4 rings (SSSR count). The number of benzene rings is 3. The molecule has 92 valence electrons. The standard InChI is InChI=1S/C16H9ClO2/c17-12-5-6-13-16(9-12)19-15-8-11-4-2-1-3-10(11)7-14(15)18-13/h1-9H. The largest absolute Gasteiger partial charge is 0.449 e. The molecule has 0 bridgehead atoms. The van der Waals surface area contributed by atoms with E-state index in [1.54, 1.807) is 12.1 Å². The quantitative estimate of drug-likeness (QED) is 0.426.